The molecule has 0 fully saturated rings. The van der Waals surface area contributed by atoms with Crippen molar-refractivity contribution >= 4 is 68.1 Å². The van der Waals surface area contributed by atoms with E-state index in [-0.39, 0.29) is 0 Å². The maximum Gasteiger partial charge on any atom is 0.170 e. The number of anilines is 2. The zero-order valence-electron chi connectivity index (χ0n) is 19.9. The summed E-state index contributed by atoms with van der Waals surface area (Å²) in [5.74, 6) is 1.54. The van der Waals surface area contributed by atoms with Gasteiger partial charge >= 0.3 is 0 Å². The minimum absolute atomic E-state index is 0.588. The van der Waals surface area contributed by atoms with Crippen LogP contribution in [0.4, 0.5) is 11.4 Å². The molecular formula is C26H26N8S2. The third kappa shape index (κ3) is 5.00. The summed E-state index contributed by atoms with van der Waals surface area (Å²) in [6.45, 7) is 5.54. The minimum Gasteiger partial charge on any atom is -0.363 e. The van der Waals surface area contributed by atoms with Crippen molar-refractivity contribution in [1.29, 1.82) is 0 Å². The second-order valence-corrected chi connectivity index (χ2v) is 8.97. The molecule has 0 saturated carbocycles. The summed E-state index contributed by atoms with van der Waals surface area (Å²) in [7, 11) is 0. The SMILES string of the molecule is CCNC(=S)Nc1ccc2[nH]c(-c3ccccc3-c3nc4cc(NC(=S)NCC)ccc4[nH]3)nc2c1. The maximum absolute atomic E-state index is 5.30. The third-order valence-electron chi connectivity index (χ3n) is 5.59. The van der Waals surface area contributed by atoms with E-state index in [2.05, 4.69) is 31.2 Å². The summed E-state index contributed by atoms with van der Waals surface area (Å²) in [4.78, 5) is 16.6. The Bertz CT molecular complexity index is 1450. The van der Waals surface area contributed by atoms with Gasteiger partial charge in [0.05, 0.1) is 22.1 Å². The van der Waals surface area contributed by atoms with Gasteiger partial charge < -0.3 is 31.2 Å². The number of aromatic amines is 2. The molecule has 0 saturated heterocycles. The standard InChI is InChI=1S/C26H26N8S2/c1-3-27-25(35)29-15-9-11-19-21(13-15)33-23(31-19)17-7-5-6-8-18(17)24-32-20-12-10-16(14-22(20)34-24)30-26(36)28-4-2/h5-14H,3-4H2,1-2H3,(H,31,33)(H,32,34)(H2,27,29,35)(H2,28,30,36). The van der Waals surface area contributed by atoms with E-state index < -0.39 is 0 Å². The molecule has 2 aromatic heterocycles. The predicted molar refractivity (Wildman–Crippen MR) is 156 cm³/mol. The van der Waals surface area contributed by atoms with E-state index in [9.17, 15) is 0 Å². The molecule has 10 heteroatoms. The molecule has 0 amide bonds. The van der Waals surface area contributed by atoms with Gasteiger partial charge in [-0.15, -0.1) is 0 Å². The lowest BCUT2D eigenvalue weighted by Gasteiger charge is -2.08. The summed E-state index contributed by atoms with van der Waals surface area (Å²) in [5.41, 5.74) is 7.26. The Balaban J connectivity index is 1.47. The molecule has 0 aliphatic carbocycles. The molecule has 0 radical (unpaired) electrons. The Hall–Kier alpha value is -4.02. The highest BCUT2D eigenvalue weighted by atomic mass is 32.1. The number of imidazole rings is 2. The van der Waals surface area contributed by atoms with Gasteiger partial charge in [0.25, 0.3) is 0 Å². The van der Waals surface area contributed by atoms with E-state index in [1.807, 2.05) is 74.5 Å². The molecule has 0 atom stereocenters. The first kappa shape index (κ1) is 23.7. The van der Waals surface area contributed by atoms with Gasteiger partial charge in [0.15, 0.2) is 10.2 Å². The first-order chi connectivity index (χ1) is 17.5. The molecule has 5 rings (SSSR count). The van der Waals surface area contributed by atoms with Crippen LogP contribution in [0.3, 0.4) is 0 Å². The molecule has 0 aliphatic rings. The molecular weight excluding hydrogens is 488 g/mol. The first-order valence-electron chi connectivity index (χ1n) is 11.7. The molecule has 36 heavy (non-hydrogen) atoms. The van der Waals surface area contributed by atoms with Crippen molar-refractivity contribution in [1.82, 2.24) is 30.6 Å². The monoisotopic (exact) mass is 514 g/mol. The molecule has 0 unspecified atom stereocenters. The van der Waals surface area contributed by atoms with Crippen LogP contribution in [0.2, 0.25) is 0 Å². The lowest BCUT2D eigenvalue weighted by Crippen LogP contribution is -2.27. The number of aromatic nitrogens is 4. The quantitative estimate of drug-likeness (QED) is 0.168. The summed E-state index contributed by atoms with van der Waals surface area (Å²) >= 11 is 10.6. The second-order valence-electron chi connectivity index (χ2n) is 8.15. The lowest BCUT2D eigenvalue weighted by molar-refractivity contribution is 0.979. The Kier molecular flexibility index (Phi) is 6.79. The van der Waals surface area contributed by atoms with E-state index in [1.54, 1.807) is 0 Å². The third-order valence-corrected chi connectivity index (χ3v) is 6.09. The minimum atomic E-state index is 0.588. The molecule has 8 nitrogen and oxygen atoms in total. The number of hydrogen-bond donors (Lipinski definition) is 6. The molecule has 182 valence electrons. The average Bonchev–Trinajstić information content (AvgIpc) is 3.48. The fourth-order valence-electron chi connectivity index (χ4n) is 3.99. The number of benzene rings is 3. The van der Waals surface area contributed by atoms with Gasteiger partial charge in [-0.1, -0.05) is 24.3 Å². The maximum atomic E-state index is 5.30. The molecule has 3 aromatic carbocycles. The smallest absolute Gasteiger partial charge is 0.170 e. The summed E-state index contributed by atoms with van der Waals surface area (Å²) in [6, 6.07) is 20.0. The van der Waals surface area contributed by atoms with Gasteiger partial charge in [-0.05, 0) is 74.7 Å². The number of hydrogen-bond acceptors (Lipinski definition) is 4. The van der Waals surface area contributed by atoms with Crippen LogP contribution in [0.1, 0.15) is 13.8 Å². The van der Waals surface area contributed by atoms with Crippen molar-refractivity contribution in [2.75, 3.05) is 23.7 Å². The van der Waals surface area contributed by atoms with Crippen LogP contribution in [-0.4, -0.2) is 43.3 Å². The molecule has 0 bridgehead atoms. The normalized spacial score (nSPS) is 10.9. The van der Waals surface area contributed by atoms with E-state index in [0.717, 1.165) is 69.3 Å². The molecule has 6 N–H and O–H groups in total. The van der Waals surface area contributed by atoms with E-state index in [1.165, 1.54) is 0 Å². The Morgan fingerprint density at radius 1 is 0.694 bits per heavy atom. The van der Waals surface area contributed by atoms with Crippen molar-refractivity contribution in [2.45, 2.75) is 13.8 Å². The largest absolute Gasteiger partial charge is 0.363 e. The Morgan fingerprint density at radius 3 is 1.56 bits per heavy atom. The van der Waals surface area contributed by atoms with Crippen molar-refractivity contribution < 1.29 is 0 Å². The van der Waals surface area contributed by atoms with Gasteiger partial charge in [0.2, 0.25) is 0 Å². The van der Waals surface area contributed by atoms with Crippen LogP contribution >= 0.6 is 24.4 Å². The van der Waals surface area contributed by atoms with Gasteiger partial charge in [-0.2, -0.15) is 0 Å². The number of nitrogens with one attached hydrogen (secondary N) is 6. The summed E-state index contributed by atoms with van der Waals surface area (Å²) in [5, 5.41) is 13.8. The molecule has 2 heterocycles. The van der Waals surface area contributed by atoms with Crippen LogP contribution in [0, 0.1) is 0 Å². The van der Waals surface area contributed by atoms with Crippen molar-refractivity contribution in [3.8, 4) is 22.8 Å². The fraction of sp³-hybridized carbons (Fsp3) is 0.154. The first-order valence-corrected chi connectivity index (χ1v) is 12.5. The molecule has 0 spiro atoms. The van der Waals surface area contributed by atoms with E-state index in [4.69, 9.17) is 34.4 Å². The van der Waals surface area contributed by atoms with Crippen molar-refractivity contribution in [2.24, 2.45) is 0 Å². The van der Waals surface area contributed by atoms with E-state index in [0.29, 0.717) is 10.2 Å². The number of nitrogens with zero attached hydrogens (tertiary/aromatic N) is 2. The highest BCUT2D eigenvalue weighted by Gasteiger charge is 2.15. The fourth-order valence-corrected chi connectivity index (χ4v) is 4.51. The average molecular weight is 515 g/mol. The Morgan fingerprint density at radius 2 is 1.14 bits per heavy atom. The lowest BCUT2D eigenvalue weighted by atomic mass is 10.1. The molecule has 5 aromatic rings. The topological polar surface area (TPSA) is 105 Å². The van der Waals surface area contributed by atoms with Crippen LogP contribution in [-0.2, 0) is 0 Å². The number of fused-ring (bicyclic) bond motifs is 2. The summed E-state index contributed by atoms with van der Waals surface area (Å²) in [6.07, 6.45) is 0. The van der Waals surface area contributed by atoms with Crippen LogP contribution in [0.5, 0.6) is 0 Å². The van der Waals surface area contributed by atoms with Gasteiger partial charge in [-0.3, -0.25) is 0 Å². The highest BCUT2D eigenvalue weighted by Crippen LogP contribution is 2.32. The van der Waals surface area contributed by atoms with Crippen LogP contribution in [0.15, 0.2) is 60.7 Å². The van der Waals surface area contributed by atoms with Crippen molar-refractivity contribution in [3.63, 3.8) is 0 Å². The van der Waals surface area contributed by atoms with Gasteiger partial charge in [-0.25, -0.2) is 9.97 Å². The highest BCUT2D eigenvalue weighted by molar-refractivity contribution is 7.80. The zero-order valence-corrected chi connectivity index (χ0v) is 21.5. The molecule has 0 aliphatic heterocycles. The van der Waals surface area contributed by atoms with Gasteiger partial charge in [0, 0.05) is 35.6 Å². The van der Waals surface area contributed by atoms with Crippen LogP contribution < -0.4 is 21.3 Å². The number of rotatable bonds is 6. The van der Waals surface area contributed by atoms with E-state index >= 15 is 0 Å². The van der Waals surface area contributed by atoms with Gasteiger partial charge in [0.1, 0.15) is 11.6 Å². The second kappa shape index (κ2) is 10.3. The summed E-state index contributed by atoms with van der Waals surface area (Å²) < 4.78 is 0. The zero-order chi connectivity index (χ0) is 25.1. The van der Waals surface area contributed by atoms with Crippen LogP contribution in [0.25, 0.3) is 44.8 Å². The Labute approximate surface area is 219 Å². The number of H-pyrrole nitrogens is 2. The predicted octanol–water partition coefficient (Wildman–Crippen LogP) is 5.39. The van der Waals surface area contributed by atoms with Crippen molar-refractivity contribution in [3.05, 3.63) is 60.7 Å². The number of thiocarbonyl (C=S) groups is 2.